The van der Waals surface area contributed by atoms with Crippen molar-refractivity contribution in [3.8, 4) is 0 Å². The summed E-state index contributed by atoms with van der Waals surface area (Å²) in [6, 6.07) is 15.9. The van der Waals surface area contributed by atoms with E-state index in [1.807, 2.05) is 42.6 Å². The number of halogens is 1. The topological polar surface area (TPSA) is 82.4 Å². The molecule has 2 aromatic carbocycles. The fraction of sp³-hybridized carbons (Fsp3) is 0.158. The lowest BCUT2D eigenvalue weighted by molar-refractivity contribution is -0.431. The molecule has 4 N–H and O–H groups in total. The molecule has 4 aromatic rings. The molecule has 1 atom stereocenters. The maximum absolute atomic E-state index is 6.18. The maximum atomic E-state index is 6.18. The molecule has 0 aliphatic heterocycles. The Morgan fingerprint density at radius 1 is 1.08 bits per heavy atom. The first-order chi connectivity index (χ1) is 12.7. The molecule has 0 saturated carbocycles. The summed E-state index contributed by atoms with van der Waals surface area (Å²) in [5.41, 5.74) is 7.56. The van der Waals surface area contributed by atoms with Crippen LogP contribution in [0, 0.1) is 0 Å². The highest BCUT2D eigenvalue weighted by molar-refractivity contribution is 7.98. The fourth-order valence-electron chi connectivity index (χ4n) is 2.85. The molecule has 7 heteroatoms. The summed E-state index contributed by atoms with van der Waals surface area (Å²) < 4.78 is 5.79. The van der Waals surface area contributed by atoms with Crippen LogP contribution >= 0.6 is 23.4 Å². The van der Waals surface area contributed by atoms with Gasteiger partial charge in [0.2, 0.25) is 0 Å². The van der Waals surface area contributed by atoms with Crippen molar-refractivity contribution in [2.24, 2.45) is 0 Å². The van der Waals surface area contributed by atoms with Gasteiger partial charge in [-0.15, -0.1) is 10.2 Å². The normalized spacial score (nSPS) is 12.5. The Bertz CT molecular complexity index is 1030. The Hall–Kier alpha value is -2.28. The van der Waals surface area contributed by atoms with Crippen LogP contribution in [0.4, 0.5) is 0 Å². The van der Waals surface area contributed by atoms with Crippen LogP contribution in [0.15, 0.2) is 64.4 Å². The highest BCUT2D eigenvalue weighted by atomic mass is 35.5. The van der Waals surface area contributed by atoms with Gasteiger partial charge >= 0.3 is 0 Å². The van der Waals surface area contributed by atoms with Crippen LogP contribution < -0.4 is 5.73 Å². The minimum Gasteiger partial charge on any atom is -0.410 e. The zero-order chi connectivity index (χ0) is 17.9. The minimum atomic E-state index is -0.101. The Kier molecular flexibility index (Phi) is 4.97. The molecule has 5 nitrogen and oxygen atoms in total. The molecule has 1 unspecified atom stereocenters. The number of benzene rings is 2. The van der Waals surface area contributed by atoms with E-state index >= 15 is 0 Å². The molecule has 4 rings (SSSR count). The number of H-pyrrole nitrogens is 1. The van der Waals surface area contributed by atoms with E-state index in [-0.39, 0.29) is 6.04 Å². The predicted molar refractivity (Wildman–Crippen MR) is 103 cm³/mol. The first-order valence-corrected chi connectivity index (χ1v) is 9.65. The fourth-order valence-corrected chi connectivity index (χ4v) is 3.91. The molecule has 26 heavy (non-hydrogen) atoms. The molecule has 0 bridgehead atoms. The molecular weight excluding hydrogens is 368 g/mol. The Labute approximate surface area is 159 Å². The number of aromatic nitrogens is 3. The van der Waals surface area contributed by atoms with Gasteiger partial charge in [0.25, 0.3) is 11.1 Å². The van der Waals surface area contributed by atoms with Gasteiger partial charge in [-0.1, -0.05) is 59.8 Å². The molecule has 2 aromatic heterocycles. The van der Waals surface area contributed by atoms with Crippen LogP contribution in [-0.2, 0) is 12.2 Å². The molecule has 0 aliphatic rings. The van der Waals surface area contributed by atoms with Crippen molar-refractivity contribution in [3.05, 3.63) is 76.8 Å². The summed E-state index contributed by atoms with van der Waals surface area (Å²) in [4.78, 5) is 3.28. The molecule has 0 fully saturated rings. The van der Waals surface area contributed by atoms with Gasteiger partial charge in [-0.2, -0.15) is 0 Å². The van der Waals surface area contributed by atoms with E-state index in [4.69, 9.17) is 16.0 Å². The number of para-hydroxylation sites is 1. The molecule has 0 amide bonds. The third-order valence-corrected chi connectivity index (χ3v) is 5.46. The van der Waals surface area contributed by atoms with Crippen LogP contribution in [0.2, 0.25) is 5.02 Å². The van der Waals surface area contributed by atoms with Gasteiger partial charge in [-0.05, 0) is 23.3 Å². The van der Waals surface area contributed by atoms with Crippen molar-refractivity contribution in [2.75, 3.05) is 0 Å². The van der Waals surface area contributed by atoms with E-state index < -0.39 is 0 Å². The second-order valence-corrected chi connectivity index (χ2v) is 7.38. The minimum absolute atomic E-state index is 0.101. The lowest BCUT2D eigenvalue weighted by atomic mass is 10.1. The average molecular weight is 386 g/mol. The average Bonchev–Trinajstić information content (AvgIpc) is 3.29. The Morgan fingerprint density at radius 3 is 2.77 bits per heavy atom. The Morgan fingerprint density at radius 2 is 1.88 bits per heavy atom. The first kappa shape index (κ1) is 17.1. The van der Waals surface area contributed by atoms with Crippen molar-refractivity contribution in [1.29, 1.82) is 0 Å². The van der Waals surface area contributed by atoms with Crippen molar-refractivity contribution < 1.29 is 10.2 Å². The van der Waals surface area contributed by atoms with Gasteiger partial charge in [0.1, 0.15) is 0 Å². The lowest BCUT2D eigenvalue weighted by Crippen LogP contribution is -2.54. The molecule has 0 saturated heterocycles. The number of rotatable bonds is 6. The summed E-state index contributed by atoms with van der Waals surface area (Å²) in [6.07, 6.45) is 2.76. The number of thioether (sulfide) groups is 1. The number of nitrogens with one attached hydrogen (secondary N) is 1. The second-order valence-electron chi connectivity index (χ2n) is 6.05. The van der Waals surface area contributed by atoms with Gasteiger partial charge in [0, 0.05) is 34.3 Å². The highest BCUT2D eigenvalue weighted by Crippen LogP contribution is 2.27. The van der Waals surface area contributed by atoms with E-state index in [2.05, 4.69) is 33.0 Å². The molecule has 2 heterocycles. The van der Waals surface area contributed by atoms with Crippen LogP contribution in [-0.4, -0.2) is 15.2 Å². The van der Waals surface area contributed by atoms with Crippen molar-refractivity contribution in [2.45, 2.75) is 23.4 Å². The smallest absolute Gasteiger partial charge is 0.277 e. The van der Waals surface area contributed by atoms with Crippen LogP contribution in [0.1, 0.15) is 23.1 Å². The number of fused-ring (bicyclic) bond motifs is 1. The summed E-state index contributed by atoms with van der Waals surface area (Å²) in [6.45, 7) is 0. The van der Waals surface area contributed by atoms with Gasteiger partial charge in [0.05, 0.1) is 0 Å². The summed E-state index contributed by atoms with van der Waals surface area (Å²) in [7, 11) is 0. The number of aromatic amines is 1. The predicted octanol–water partition coefficient (Wildman–Crippen LogP) is 4.02. The largest absolute Gasteiger partial charge is 0.410 e. The van der Waals surface area contributed by atoms with E-state index in [1.165, 1.54) is 22.7 Å². The zero-order valence-electron chi connectivity index (χ0n) is 14.0. The number of hydrogen-bond acceptors (Lipinski definition) is 4. The van der Waals surface area contributed by atoms with Crippen molar-refractivity contribution in [1.82, 2.24) is 15.2 Å². The first-order valence-electron chi connectivity index (χ1n) is 8.28. The van der Waals surface area contributed by atoms with Gasteiger partial charge in [-0.3, -0.25) is 0 Å². The van der Waals surface area contributed by atoms with Crippen LogP contribution in [0.5, 0.6) is 0 Å². The van der Waals surface area contributed by atoms with Gasteiger partial charge in [-0.25, -0.2) is 0 Å². The zero-order valence-corrected chi connectivity index (χ0v) is 15.6. The van der Waals surface area contributed by atoms with Crippen LogP contribution in [0.3, 0.4) is 0 Å². The monoisotopic (exact) mass is 385 g/mol. The number of quaternary nitrogens is 1. The standard InChI is InChI=1S/C19H17ClN4OS/c20-15-7-3-1-5-12(15)11-26-19-24-23-18(25-19)16(21)9-13-10-22-17-8-4-2-6-14(13)17/h1-8,10,16,22H,9,11,21H2/p+1. The van der Waals surface area contributed by atoms with E-state index in [0.717, 1.165) is 22.5 Å². The molecule has 0 aliphatic carbocycles. The number of hydrogen-bond donors (Lipinski definition) is 2. The highest BCUT2D eigenvalue weighted by Gasteiger charge is 2.20. The summed E-state index contributed by atoms with van der Waals surface area (Å²) in [5, 5.41) is 10.8. The second kappa shape index (κ2) is 7.53. The number of nitrogens with zero attached hydrogens (tertiary/aromatic N) is 2. The molecule has 0 spiro atoms. The van der Waals surface area contributed by atoms with E-state index in [1.54, 1.807) is 0 Å². The van der Waals surface area contributed by atoms with Crippen molar-refractivity contribution >= 4 is 34.3 Å². The van der Waals surface area contributed by atoms with E-state index in [0.29, 0.717) is 16.9 Å². The Balaban J connectivity index is 1.43. The lowest BCUT2D eigenvalue weighted by Gasteiger charge is -2.03. The van der Waals surface area contributed by atoms with Gasteiger partial charge < -0.3 is 15.1 Å². The van der Waals surface area contributed by atoms with Crippen LogP contribution in [0.25, 0.3) is 10.9 Å². The summed E-state index contributed by atoms with van der Waals surface area (Å²) >= 11 is 7.66. The summed E-state index contributed by atoms with van der Waals surface area (Å²) in [5.74, 6) is 1.24. The molecule has 132 valence electrons. The molecule has 0 radical (unpaired) electrons. The third kappa shape index (κ3) is 3.62. The quantitative estimate of drug-likeness (QED) is 0.491. The van der Waals surface area contributed by atoms with Gasteiger partial charge in [0.15, 0.2) is 6.04 Å². The maximum Gasteiger partial charge on any atom is 0.277 e. The SMILES string of the molecule is [NH3+]C(Cc1c[nH]c2ccccc12)c1nnc(SCc2ccccc2Cl)o1. The van der Waals surface area contributed by atoms with Crippen molar-refractivity contribution in [3.63, 3.8) is 0 Å². The molecular formula is C19H18ClN4OS+. The third-order valence-electron chi connectivity index (χ3n) is 4.22. The van der Waals surface area contributed by atoms with E-state index in [9.17, 15) is 0 Å².